The lowest BCUT2D eigenvalue weighted by molar-refractivity contribution is -0.143. The molecule has 0 radical (unpaired) electrons. The van der Waals surface area contributed by atoms with Gasteiger partial charge in [0.15, 0.2) is 5.13 Å². The number of carbonyl (C=O) groups is 2. The van der Waals surface area contributed by atoms with Crippen molar-refractivity contribution in [3.8, 4) is 0 Å². The highest BCUT2D eigenvalue weighted by Gasteiger charge is 2.26. The second-order valence-electron chi connectivity index (χ2n) is 6.20. The molecule has 2 aromatic carbocycles. The summed E-state index contributed by atoms with van der Waals surface area (Å²) in [7, 11) is 0. The van der Waals surface area contributed by atoms with Gasteiger partial charge in [-0.3, -0.25) is 14.9 Å². The Labute approximate surface area is 165 Å². The summed E-state index contributed by atoms with van der Waals surface area (Å²) < 4.78 is 0.968. The highest BCUT2D eigenvalue weighted by Crippen LogP contribution is 2.25. The van der Waals surface area contributed by atoms with Gasteiger partial charge in [-0.25, -0.2) is 4.98 Å². The van der Waals surface area contributed by atoms with Crippen LogP contribution in [0.4, 0.5) is 10.8 Å². The quantitative estimate of drug-likeness (QED) is 0.671. The number of para-hydroxylation sites is 1. The summed E-state index contributed by atoms with van der Waals surface area (Å²) >= 11 is 7.40. The van der Waals surface area contributed by atoms with Gasteiger partial charge in [-0.2, -0.15) is 0 Å². The van der Waals surface area contributed by atoms with Gasteiger partial charge in [0.25, 0.3) is 0 Å². The number of thiazole rings is 1. The lowest BCUT2D eigenvalue weighted by Crippen LogP contribution is -2.51. The molecule has 1 aliphatic heterocycles. The maximum atomic E-state index is 12.5. The molecule has 2 amide bonds. The molecule has 2 heterocycles. The molecule has 4 rings (SSSR count). The van der Waals surface area contributed by atoms with E-state index in [9.17, 15) is 9.59 Å². The number of piperazine rings is 1. The van der Waals surface area contributed by atoms with Crippen molar-refractivity contribution in [3.63, 3.8) is 0 Å². The number of nitrogens with one attached hydrogen (secondary N) is 1. The van der Waals surface area contributed by atoms with E-state index >= 15 is 0 Å². The molecule has 0 bridgehead atoms. The Balaban J connectivity index is 1.36. The number of aromatic nitrogens is 1. The number of nitrogens with zero attached hydrogens (tertiary/aromatic N) is 3. The zero-order valence-corrected chi connectivity index (χ0v) is 16.0. The van der Waals surface area contributed by atoms with Crippen LogP contribution in [-0.4, -0.2) is 47.9 Å². The summed E-state index contributed by atoms with van der Waals surface area (Å²) in [6.07, 6.45) is 0. The maximum Gasteiger partial charge on any atom is 0.315 e. The molecule has 0 aliphatic carbocycles. The Morgan fingerprint density at radius 3 is 2.56 bits per heavy atom. The first-order valence-corrected chi connectivity index (χ1v) is 9.76. The Bertz CT molecular complexity index is 965. The molecule has 0 unspecified atom stereocenters. The summed E-state index contributed by atoms with van der Waals surface area (Å²) in [5, 5.41) is 3.74. The average Bonchev–Trinajstić information content (AvgIpc) is 3.09. The minimum absolute atomic E-state index is 0.437. The van der Waals surface area contributed by atoms with E-state index in [1.165, 1.54) is 11.3 Å². The van der Waals surface area contributed by atoms with Crippen molar-refractivity contribution < 1.29 is 9.59 Å². The van der Waals surface area contributed by atoms with Gasteiger partial charge in [-0.1, -0.05) is 41.1 Å². The Kier molecular flexibility index (Phi) is 4.96. The maximum absolute atomic E-state index is 12.5. The van der Waals surface area contributed by atoms with E-state index in [0.717, 1.165) is 15.9 Å². The molecular formula is C19H17ClN4O2S. The first-order chi connectivity index (χ1) is 13.1. The summed E-state index contributed by atoms with van der Waals surface area (Å²) in [6, 6.07) is 15.2. The van der Waals surface area contributed by atoms with Crippen LogP contribution in [0.25, 0.3) is 10.2 Å². The third-order valence-corrected chi connectivity index (χ3v) is 5.64. The summed E-state index contributed by atoms with van der Waals surface area (Å²) in [5.41, 5.74) is 1.83. The van der Waals surface area contributed by atoms with Gasteiger partial charge < -0.3 is 9.80 Å². The largest absolute Gasteiger partial charge is 0.368 e. The van der Waals surface area contributed by atoms with Gasteiger partial charge in [0, 0.05) is 36.9 Å². The van der Waals surface area contributed by atoms with E-state index in [-0.39, 0.29) is 0 Å². The number of rotatable bonds is 2. The molecule has 3 aromatic rings. The molecule has 1 saturated heterocycles. The predicted octanol–water partition coefficient (Wildman–Crippen LogP) is 3.24. The van der Waals surface area contributed by atoms with E-state index in [1.807, 2.05) is 48.5 Å². The van der Waals surface area contributed by atoms with E-state index in [4.69, 9.17) is 11.6 Å². The molecule has 8 heteroatoms. The molecule has 0 spiro atoms. The van der Waals surface area contributed by atoms with Crippen molar-refractivity contribution in [2.75, 3.05) is 36.4 Å². The number of anilines is 2. The van der Waals surface area contributed by atoms with Gasteiger partial charge in [0.05, 0.1) is 10.2 Å². The van der Waals surface area contributed by atoms with Crippen molar-refractivity contribution in [3.05, 3.63) is 53.6 Å². The van der Waals surface area contributed by atoms with Crippen LogP contribution >= 0.6 is 22.9 Å². The Hall–Kier alpha value is -2.64. The molecule has 1 aliphatic rings. The Morgan fingerprint density at radius 2 is 1.81 bits per heavy atom. The van der Waals surface area contributed by atoms with Crippen LogP contribution in [-0.2, 0) is 9.59 Å². The molecule has 0 atom stereocenters. The number of amides is 2. The molecule has 138 valence electrons. The zero-order chi connectivity index (χ0) is 18.8. The van der Waals surface area contributed by atoms with Crippen LogP contribution in [0.3, 0.4) is 0 Å². The van der Waals surface area contributed by atoms with Crippen molar-refractivity contribution in [1.82, 2.24) is 9.88 Å². The smallest absolute Gasteiger partial charge is 0.315 e. The van der Waals surface area contributed by atoms with E-state index in [1.54, 1.807) is 4.90 Å². The molecule has 1 aromatic heterocycles. The fraction of sp³-hybridized carbons (Fsp3) is 0.211. The van der Waals surface area contributed by atoms with Crippen LogP contribution in [0.5, 0.6) is 0 Å². The van der Waals surface area contributed by atoms with Crippen molar-refractivity contribution in [2.45, 2.75) is 0 Å². The minimum atomic E-state index is -0.648. The number of fused-ring (bicyclic) bond motifs is 1. The number of halogens is 1. The number of carbonyl (C=O) groups excluding carboxylic acids is 2. The highest BCUT2D eigenvalue weighted by molar-refractivity contribution is 7.22. The fourth-order valence-corrected chi connectivity index (χ4v) is 4.11. The SMILES string of the molecule is O=C(Nc1nc2ccccc2s1)C(=O)N1CCN(c2cccc(Cl)c2)CC1. The van der Waals surface area contributed by atoms with Crippen LogP contribution in [0.1, 0.15) is 0 Å². The monoisotopic (exact) mass is 400 g/mol. The van der Waals surface area contributed by atoms with Crippen molar-refractivity contribution >= 4 is 55.8 Å². The van der Waals surface area contributed by atoms with Gasteiger partial charge in [0.1, 0.15) is 0 Å². The second kappa shape index (κ2) is 7.54. The molecule has 1 fully saturated rings. The average molecular weight is 401 g/mol. The van der Waals surface area contributed by atoms with Crippen LogP contribution in [0.15, 0.2) is 48.5 Å². The summed E-state index contributed by atoms with van der Waals surface area (Å²) in [4.78, 5) is 32.8. The minimum Gasteiger partial charge on any atom is -0.368 e. The van der Waals surface area contributed by atoms with E-state index in [0.29, 0.717) is 36.3 Å². The highest BCUT2D eigenvalue weighted by atomic mass is 35.5. The summed E-state index contributed by atoms with van der Waals surface area (Å²) in [6.45, 7) is 2.28. The zero-order valence-electron chi connectivity index (χ0n) is 14.4. The van der Waals surface area contributed by atoms with E-state index < -0.39 is 11.8 Å². The molecule has 0 saturated carbocycles. The normalized spacial score (nSPS) is 14.4. The van der Waals surface area contributed by atoms with Gasteiger partial charge in [-0.15, -0.1) is 0 Å². The molecule has 6 nitrogen and oxygen atoms in total. The van der Waals surface area contributed by atoms with Crippen molar-refractivity contribution in [2.24, 2.45) is 0 Å². The topological polar surface area (TPSA) is 65.5 Å². The Morgan fingerprint density at radius 1 is 1.04 bits per heavy atom. The third kappa shape index (κ3) is 3.89. The molecule has 27 heavy (non-hydrogen) atoms. The van der Waals surface area contributed by atoms with E-state index in [2.05, 4.69) is 15.2 Å². The first kappa shape index (κ1) is 17.8. The first-order valence-electron chi connectivity index (χ1n) is 8.56. The van der Waals surface area contributed by atoms with Gasteiger partial charge in [-0.05, 0) is 30.3 Å². The molecule has 1 N–H and O–H groups in total. The van der Waals surface area contributed by atoms with Gasteiger partial charge >= 0.3 is 11.8 Å². The lowest BCUT2D eigenvalue weighted by atomic mass is 10.2. The summed E-state index contributed by atoms with van der Waals surface area (Å²) in [5.74, 6) is -1.18. The standard InChI is InChI=1S/C19H17ClN4O2S/c20-13-4-3-5-14(12-13)23-8-10-24(11-9-23)18(26)17(25)22-19-21-15-6-1-2-7-16(15)27-19/h1-7,12H,8-11H2,(H,21,22,25). The van der Waals surface area contributed by atoms with Gasteiger partial charge in [0.2, 0.25) is 0 Å². The number of benzene rings is 2. The molecular weight excluding hydrogens is 384 g/mol. The number of hydrogen-bond acceptors (Lipinski definition) is 5. The van der Waals surface area contributed by atoms with Crippen molar-refractivity contribution in [1.29, 1.82) is 0 Å². The van der Waals surface area contributed by atoms with Crippen LogP contribution in [0, 0.1) is 0 Å². The fourth-order valence-electron chi connectivity index (χ4n) is 3.06. The second-order valence-corrected chi connectivity index (χ2v) is 7.67. The third-order valence-electron chi connectivity index (χ3n) is 4.45. The number of hydrogen-bond donors (Lipinski definition) is 1. The predicted molar refractivity (Wildman–Crippen MR) is 108 cm³/mol. The van der Waals surface area contributed by atoms with Crippen LogP contribution < -0.4 is 10.2 Å². The lowest BCUT2D eigenvalue weighted by Gasteiger charge is -2.35. The van der Waals surface area contributed by atoms with Crippen LogP contribution in [0.2, 0.25) is 5.02 Å².